The van der Waals surface area contributed by atoms with Crippen LogP contribution in [0.25, 0.3) is 11.1 Å². The largest absolute Gasteiger partial charge is 0.393 e. The van der Waals surface area contributed by atoms with Gasteiger partial charge in [0.25, 0.3) is 5.91 Å². The summed E-state index contributed by atoms with van der Waals surface area (Å²) < 4.78 is 0. The highest BCUT2D eigenvalue weighted by molar-refractivity contribution is 6.05. The van der Waals surface area contributed by atoms with Crippen LogP contribution < -0.4 is 10.2 Å². The summed E-state index contributed by atoms with van der Waals surface area (Å²) in [7, 11) is 4.04. The van der Waals surface area contributed by atoms with Crippen molar-refractivity contribution in [1.82, 2.24) is 0 Å². The molecule has 0 aliphatic heterocycles. The maximum Gasteiger partial charge on any atom is 0.255 e. The number of carbonyl (C=O) groups is 1. The Hall–Kier alpha value is -3.11. The smallest absolute Gasteiger partial charge is 0.255 e. The van der Waals surface area contributed by atoms with E-state index < -0.39 is 0 Å². The SMILES string of the molecule is CN(C)c1ccc(-c2ccc(C(=O)Nc3cccc4c3CC(O)CC4)cc2)cc1. The van der Waals surface area contributed by atoms with Crippen molar-refractivity contribution in [2.45, 2.75) is 25.4 Å². The number of aliphatic hydroxyl groups excluding tert-OH is 1. The lowest BCUT2D eigenvalue weighted by Crippen LogP contribution is -2.21. The lowest BCUT2D eigenvalue weighted by atomic mass is 9.88. The first-order valence-corrected chi connectivity index (χ1v) is 9.99. The van der Waals surface area contributed by atoms with E-state index in [1.54, 1.807) is 0 Å². The zero-order chi connectivity index (χ0) is 20.4. The molecule has 0 saturated carbocycles. The second-order valence-electron chi connectivity index (χ2n) is 7.81. The molecule has 4 rings (SSSR count). The molecule has 3 aromatic rings. The average Bonchev–Trinajstić information content (AvgIpc) is 2.74. The lowest BCUT2D eigenvalue weighted by Gasteiger charge is -2.23. The number of amides is 1. The van der Waals surface area contributed by atoms with E-state index in [9.17, 15) is 9.90 Å². The topological polar surface area (TPSA) is 52.6 Å². The Labute approximate surface area is 171 Å². The molecule has 0 bridgehead atoms. The van der Waals surface area contributed by atoms with Crippen molar-refractivity contribution >= 4 is 17.3 Å². The average molecular weight is 386 g/mol. The maximum absolute atomic E-state index is 12.8. The van der Waals surface area contributed by atoms with Crippen LogP contribution in [0.2, 0.25) is 0 Å². The Morgan fingerprint density at radius 3 is 2.28 bits per heavy atom. The van der Waals surface area contributed by atoms with Crippen LogP contribution in [0.5, 0.6) is 0 Å². The van der Waals surface area contributed by atoms with Gasteiger partial charge in [-0.3, -0.25) is 4.79 Å². The van der Waals surface area contributed by atoms with Crippen LogP contribution in [0.3, 0.4) is 0 Å². The van der Waals surface area contributed by atoms with Gasteiger partial charge in [-0.05, 0) is 65.4 Å². The Balaban J connectivity index is 1.50. The minimum absolute atomic E-state index is 0.132. The Kier molecular flexibility index (Phi) is 5.36. The van der Waals surface area contributed by atoms with Crippen LogP contribution in [0, 0.1) is 0 Å². The first-order chi connectivity index (χ1) is 14.0. The number of anilines is 2. The summed E-state index contributed by atoms with van der Waals surface area (Å²) in [4.78, 5) is 14.8. The third-order valence-electron chi connectivity index (χ3n) is 5.57. The molecule has 0 saturated heterocycles. The van der Waals surface area contributed by atoms with Gasteiger partial charge in [-0.1, -0.05) is 36.4 Å². The number of hydrogen-bond acceptors (Lipinski definition) is 3. The summed E-state index contributed by atoms with van der Waals surface area (Å²) in [5.74, 6) is -0.132. The van der Waals surface area contributed by atoms with E-state index in [1.165, 1.54) is 5.56 Å². The number of aliphatic hydroxyl groups is 1. The molecule has 2 N–H and O–H groups in total. The van der Waals surface area contributed by atoms with E-state index >= 15 is 0 Å². The highest BCUT2D eigenvalue weighted by Gasteiger charge is 2.20. The van der Waals surface area contributed by atoms with Gasteiger partial charge >= 0.3 is 0 Å². The molecule has 1 atom stereocenters. The van der Waals surface area contributed by atoms with Crippen molar-refractivity contribution in [3.63, 3.8) is 0 Å². The number of rotatable bonds is 4. The van der Waals surface area contributed by atoms with Crippen molar-refractivity contribution in [2.24, 2.45) is 0 Å². The zero-order valence-corrected chi connectivity index (χ0v) is 16.9. The number of carbonyl (C=O) groups excluding carboxylic acids is 1. The Morgan fingerprint density at radius 2 is 1.62 bits per heavy atom. The van der Waals surface area contributed by atoms with Crippen molar-refractivity contribution in [3.8, 4) is 11.1 Å². The van der Waals surface area contributed by atoms with Crippen molar-refractivity contribution in [1.29, 1.82) is 0 Å². The molecular weight excluding hydrogens is 360 g/mol. The highest BCUT2D eigenvalue weighted by atomic mass is 16.3. The first kappa shape index (κ1) is 19.2. The zero-order valence-electron chi connectivity index (χ0n) is 16.9. The minimum atomic E-state index is -0.335. The third-order valence-corrected chi connectivity index (χ3v) is 5.57. The van der Waals surface area contributed by atoms with Crippen LogP contribution in [0.4, 0.5) is 11.4 Å². The van der Waals surface area contributed by atoms with Crippen molar-refractivity contribution < 1.29 is 9.90 Å². The van der Waals surface area contributed by atoms with Crippen LogP contribution in [-0.4, -0.2) is 31.2 Å². The van der Waals surface area contributed by atoms with Gasteiger partial charge in [-0.2, -0.15) is 0 Å². The second-order valence-corrected chi connectivity index (χ2v) is 7.81. The standard InChI is InChI=1S/C25H26N2O2/c1-27(2)21-13-10-18(11-14-21)17-6-8-20(9-7-17)25(29)26-24-5-3-4-19-12-15-22(28)16-23(19)24/h3-11,13-14,22,28H,12,15-16H2,1-2H3,(H,26,29). The molecular formula is C25H26N2O2. The molecule has 4 heteroatoms. The first-order valence-electron chi connectivity index (χ1n) is 9.99. The molecule has 1 aliphatic carbocycles. The maximum atomic E-state index is 12.8. The van der Waals surface area contributed by atoms with Gasteiger partial charge in [0.1, 0.15) is 0 Å². The molecule has 1 unspecified atom stereocenters. The monoisotopic (exact) mass is 386 g/mol. The van der Waals surface area contributed by atoms with Gasteiger partial charge in [-0.15, -0.1) is 0 Å². The van der Waals surface area contributed by atoms with Crippen molar-refractivity contribution in [3.05, 3.63) is 83.4 Å². The number of hydrogen-bond donors (Lipinski definition) is 2. The van der Waals surface area contributed by atoms with Gasteiger partial charge in [-0.25, -0.2) is 0 Å². The molecule has 0 radical (unpaired) electrons. The quantitative estimate of drug-likeness (QED) is 0.693. The van der Waals surface area contributed by atoms with Crippen LogP contribution in [0.1, 0.15) is 27.9 Å². The van der Waals surface area contributed by atoms with Crippen molar-refractivity contribution in [2.75, 3.05) is 24.3 Å². The van der Waals surface area contributed by atoms with E-state index in [-0.39, 0.29) is 12.0 Å². The van der Waals surface area contributed by atoms with Gasteiger partial charge < -0.3 is 15.3 Å². The molecule has 1 aliphatic rings. The summed E-state index contributed by atoms with van der Waals surface area (Å²) in [6.07, 6.45) is 1.88. The second kappa shape index (κ2) is 8.10. The van der Waals surface area contributed by atoms with Gasteiger partial charge in [0, 0.05) is 37.5 Å². The summed E-state index contributed by atoms with van der Waals surface area (Å²) in [5.41, 5.74) is 7.03. The summed E-state index contributed by atoms with van der Waals surface area (Å²) in [6.45, 7) is 0. The van der Waals surface area contributed by atoms with Crippen LogP contribution >= 0.6 is 0 Å². The molecule has 0 fully saturated rings. The Bertz CT molecular complexity index is 1010. The number of nitrogens with zero attached hydrogens (tertiary/aromatic N) is 1. The van der Waals surface area contributed by atoms with E-state index in [0.29, 0.717) is 12.0 Å². The normalized spacial score (nSPS) is 15.5. The molecule has 0 aromatic heterocycles. The fraction of sp³-hybridized carbons (Fsp3) is 0.240. The highest BCUT2D eigenvalue weighted by Crippen LogP contribution is 2.29. The summed E-state index contributed by atoms with van der Waals surface area (Å²) in [6, 6.07) is 22.0. The van der Waals surface area contributed by atoms with Crippen LogP contribution in [0.15, 0.2) is 66.7 Å². The summed E-state index contributed by atoms with van der Waals surface area (Å²) in [5, 5.41) is 13.0. The van der Waals surface area contributed by atoms with E-state index in [2.05, 4.69) is 40.5 Å². The number of nitrogens with one attached hydrogen (secondary N) is 1. The lowest BCUT2D eigenvalue weighted by molar-refractivity contribution is 0.102. The molecule has 29 heavy (non-hydrogen) atoms. The van der Waals surface area contributed by atoms with Gasteiger partial charge in [0.2, 0.25) is 0 Å². The van der Waals surface area contributed by atoms with Gasteiger partial charge in [0.05, 0.1) is 6.10 Å². The molecule has 148 valence electrons. The molecule has 0 heterocycles. The van der Waals surface area contributed by atoms with Gasteiger partial charge in [0.15, 0.2) is 0 Å². The van der Waals surface area contributed by atoms with E-state index in [0.717, 1.165) is 40.9 Å². The molecule has 4 nitrogen and oxygen atoms in total. The molecule has 3 aromatic carbocycles. The number of benzene rings is 3. The molecule has 0 spiro atoms. The summed E-state index contributed by atoms with van der Waals surface area (Å²) >= 11 is 0. The van der Waals surface area contributed by atoms with Crippen LogP contribution in [-0.2, 0) is 12.8 Å². The fourth-order valence-electron chi connectivity index (χ4n) is 3.85. The third kappa shape index (κ3) is 4.17. The Morgan fingerprint density at radius 1 is 0.966 bits per heavy atom. The minimum Gasteiger partial charge on any atom is -0.393 e. The number of fused-ring (bicyclic) bond motifs is 1. The predicted octanol–water partition coefficient (Wildman–Crippen LogP) is 4.52. The van der Waals surface area contributed by atoms with E-state index in [4.69, 9.17) is 0 Å². The predicted molar refractivity (Wildman–Crippen MR) is 119 cm³/mol. The van der Waals surface area contributed by atoms with E-state index in [1.807, 2.05) is 50.5 Å². The fourth-order valence-corrected chi connectivity index (χ4v) is 3.85. The number of aryl methyl sites for hydroxylation is 1. The molecule has 1 amide bonds.